The number of hydrogen-bond acceptors (Lipinski definition) is 3. The monoisotopic (exact) mass is 936 g/mol. The Balaban J connectivity index is 3.68. The van der Waals surface area contributed by atoms with E-state index >= 15 is 0 Å². The van der Waals surface area contributed by atoms with Crippen molar-refractivity contribution in [1.29, 1.82) is 0 Å². The van der Waals surface area contributed by atoms with Crippen LogP contribution in [-0.4, -0.2) is 34.9 Å². The number of unbranched alkanes of at least 4 members (excludes halogenated alkanes) is 18. The molecule has 0 fully saturated rings. The van der Waals surface area contributed by atoms with Gasteiger partial charge in [0, 0.05) is 6.42 Å². The Kier molecular flexibility index (Phi) is 54.4. The molecule has 0 saturated carbocycles. The van der Waals surface area contributed by atoms with E-state index in [1.54, 1.807) is 0 Å². The topological polar surface area (TPSA) is 69.6 Å². The smallest absolute Gasteiger partial charge is 0.220 e. The molecule has 0 bridgehead atoms. The van der Waals surface area contributed by atoms with Crippen LogP contribution in [0.4, 0.5) is 0 Å². The standard InChI is InChI=1S/C64H105NO3/c1-3-5-7-9-11-13-15-17-19-20-21-22-23-24-25-26-27-28-29-30-31-32-33-34-35-36-37-38-39-40-41-42-43-44-46-48-50-52-54-56-58-60-64(68)65-62(61-66)63(67)59-57-55-53-51-49-47-45-18-16-14-12-10-8-6-4-2/h5,7,11,13,17,19,21-22,24-25,27-28,30-31,33-34,36-37,39-40,42-43,46,48,62-63,66-67H,3-4,6,8-10,12,14-16,18,20,23,26,29,32,35,38,41,44-45,47,49-61H2,1-2H3,(H,65,68)/b7-5-,13-11-,19-17-,22-21-,25-24-,28-27-,31-30-,34-33-,37-36-,40-39-,43-42-,48-46-. The van der Waals surface area contributed by atoms with E-state index in [4.69, 9.17) is 0 Å². The first-order chi connectivity index (χ1) is 33.7. The highest BCUT2D eigenvalue weighted by atomic mass is 16.3. The van der Waals surface area contributed by atoms with Crippen molar-refractivity contribution in [1.82, 2.24) is 5.32 Å². The molecule has 0 rings (SSSR count). The molecule has 0 aromatic carbocycles. The van der Waals surface area contributed by atoms with Crippen LogP contribution in [0, 0.1) is 0 Å². The van der Waals surface area contributed by atoms with Gasteiger partial charge >= 0.3 is 0 Å². The van der Waals surface area contributed by atoms with Gasteiger partial charge < -0.3 is 15.5 Å². The van der Waals surface area contributed by atoms with Gasteiger partial charge in [-0.1, -0.05) is 269 Å². The van der Waals surface area contributed by atoms with Crippen molar-refractivity contribution in [3.05, 3.63) is 146 Å². The number of hydrogen-bond donors (Lipinski definition) is 3. The number of rotatable bonds is 49. The zero-order valence-electron chi connectivity index (χ0n) is 44.1. The Morgan fingerprint density at radius 2 is 0.647 bits per heavy atom. The highest BCUT2D eigenvalue weighted by Gasteiger charge is 2.20. The summed E-state index contributed by atoms with van der Waals surface area (Å²) in [5, 5.41) is 23.2. The second-order valence-electron chi connectivity index (χ2n) is 18.3. The molecule has 0 aromatic heterocycles. The van der Waals surface area contributed by atoms with Crippen LogP contribution < -0.4 is 5.32 Å². The molecule has 0 spiro atoms. The fourth-order valence-electron chi connectivity index (χ4n) is 7.64. The third-order valence-electron chi connectivity index (χ3n) is 11.9. The van der Waals surface area contributed by atoms with Crippen LogP contribution in [0.25, 0.3) is 0 Å². The fourth-order valence-corrected chi connectivity index (χ4v) is 7.64. The van der Waals surface area contributed by atoms with Crippen LogP contribution in [0.5, 0.6) is 0 Å². The Hall–Kier alpha value is -3.73. The van der Waals surface area contributed by atoms with Crippen molar-refractivity contribution >= 4 is 5.91 Å². The maximum Gasteiger partial charge on any atom is 0.220 e. The van der Waals surface area contributed by atoms with Crippen LogP contribution in [0.15, 0.2) is 146 Å². The van der Waals surface area contributed by atoms with Gasteiger partial charge in [-0.2, -0.15) is 0 Å². The molecule has 2 atom stereocenters. The fraction of sp³-hybridized carbons (Fsp3) is 0.609. The van der Waals surface area contributed by atoms with Gasteiger partial charge in [0.1, 0.15) is 0 Å². The molecule has 0 aromatic rings. The van der Waals surface area contributed by atoms with Crippen molar-refractivity contribution in [3.63, 3.8) is 0 Å². The number of nitrogens with one attached hydrogen (secondary N) is 1. The molecule has 68 heavy (non-hydrogen) atoms. The number of allylic oxidation sites excluding steroid dienone is 24. The van der Waals surface area contributed by atoms with Crippen LogP contribution in [0.1, 0.15) is 232 Å². The van der Waals surface area contributed by atoms with Gasteiger partial charge in [0.25, 0.3) is 0 Å². The van der Waals surface area contributed by atoms with E-state index in [0.717, 1.165) is 122 Å². The zero-order chi connectivity index (χ0) is 49.2. The largest absolute Gasteiger partial charge is 0.394 e. The average Bonchev–Trinajstić information content (AvgIpc) is 3.34. The van der Waals surface area contributed by atoms with Gasteiger partial charge in [0.15, 0.2) is 0 Å². The normalized spacial score (nSPS) is 14.0. The summed E-state index contributed by atoms with van der Waals surface area (Å²) < 4.78 is 0. The molecule has 0 radical (unpaired) electrons. The molecule has 0 aliphatic heterocycles. The number of aliphatic hydroxyl groups excluding tert-OH is 2. The Labute approximate surface area is 421 Å². The molecule has 0 saturated heterocycles. The zero-order valence-corrected chi connectivity index (χ0v) is 44.1. The van der Waals surface area contributed by atoms with Gasteiger partial charge in [-0.15, -0.1) is 0 Å². The second-order valence-corrected chi connectivity index (χ2v) is 18.3. The summed E-state index contributed by atoms with van der Waals surface area (Å²) in [6.07, 6.45) is 91.0. The van der Waals surface area contributed by atoms with Crippen molar-refractivity contribution in [2.75, 3.05) is 6.61 Å². The lowest BCUT2D eigenvalue weighted by Gasteiger charge is -2.22. The quantitative estimate of drug-likeness (QED) is 0.0420. The van der Waals surface area contributed by atoms with Crippen LogP contribution in [0.3, 0.4) is 0 Å². The van der Waals surface area contributed by atoms with Crippen molar-refractivity contribution in [2.24, 2.45) is 0 Å². The highest BCUT2D eigenvalue weighted by molar-refractivity contribution is 5.76. The Morgan fingerprint density at radius 1 is 0.368 bits per heavy atom. The van der Waals surface area contributed by atoms with E-state index in [0.29, 0.717) is 12.8 Å². The summed E-state index contributed by atoms with van der Waals surface area (Å²) in [7, 11) is 0. The highest BCUT2D eigenvalue weighted by Crippen LogP contribution is 2.15. The average molecular weight is 937 g/mol. The number of carbonyl (C=O) groups excluding carboxylic acids is 1. The minimum absolute atomic E-state index is 0.0613. The third-order valence-corrected chi connectivity index (χ3v) is 11.9. The summed E-state index contributed by atoms with van der Waals surface area (Å²) in [6.45, 7) is 4.23. The predicted octanol–water partition coefficient (Wildman–Crippen LogP) is 18.8. The molecule has 4 heteroatoms. The SMILES string of the molecule is CC/C=C\C/C=C\C/C=C\C/C=C\C/C=C\C/C=C\C/C=C\C/C=C\C/C=C\C/C=C\C/C=C\C/C=C\CCCCCCC(=O)NC(CO)C(O)CCCCCCCCCCCCCCCCC. The molecule has 3 N–H and O–H groups in total. The van der Waals surface area contributed by atoms with Gasteiger partial charge in [0.2, 0.25) is 5.91 Å². The summed E-state index contributed by atoms with van der Waals surface area (Å²) in [5.74, 6) is -0.0613. The minimum Gasteiger partial charge on any atom is -0.394 e. The van der Waals surface area contributed by atoms with Gasteiger partial charge in [0.05, 0.1) is 18.8 Å². The Bertz CT molecular complexity index is 1430. The van der Waals surface area contributed by atoms with Gasteiger partial charge in [-0.05, 0) is 103 Å². The third kappa shape index (κ3) is 53.2. The van der Waals surface area contributed by atoms with E-state index in [2.05, 4.69) is 165 Å². The minimum atomic E-state index is -0.680. The first kappa shape index (κ1) is 64.3. The van der Waals surface area contributed by atoms with Crippen LogP contribution >= 0.6 is 0 Å². The van der Waals surface area contributed by atoms with E-state index < -0.39 is 12.1 Å². The first-order valence-corrected chi connectivity index (χ1v) is 28.0. The van der Waals surface area contributed by atoms with Gasteiger partial charge in [-0.3, -0.25) is 4.79 Å². The number of amides is 1. The van der Waals surface area contributed by atoms with E-state index in [9.17, 15) is 15.0 Å². The molecule has 1 amide bonds. The maximum atomic E-state index is 12.5. The maximum absolute atomic E-state index is 12.5. The summed E-state index contributed by atoms with van der Waals surface area (Å²) >= 11 is 0. The molecular weight excluding hydrogens is 831 g/mol. The van der Waals surface area contributed by atoms with Crippen molar-refractivity contribution < 1.29 is 15.0 Å². The summed E-state index contributed by atoms with van der Waals surface area (Å²) in [5.41, 5.74) is 0. The van der Waals surface area contributed by atoms with E-state index in [1.165, 1.54) is 83.5 Å². The number of carbonyl (C=O) groups is 1. The summed E-state index contributed by atoms with van der Waals surface area (Å²) in [6, 6.07) is -0.560. The predicted molar refractivity (Wildman–Crippen MR) is 303 cm³/mol. The molecule has 0 aliphatic carbocycles. The summed E-state index contributed by atoms with van der Waals surface area (Å²) in [4.78, 5) is 12.5. The molecule has 4 nitrogen and oxygen atoms in total. The van der Waals surface area contributed by atoms with Gasteiger partial charge in [-0.25, -0.2) is 0 Å². The van der Waals surface area contributed by atoms with E-state index in [-0.39, 0.29) is 12.5 Å². The molecule has 0 heterocycles. The lowest BCUT2D eigenvalue weighted by atomic mass is 10.0. The lowest BCUT2D eigenvalue weighted by Crippen LogP contribution is -2.45. The first-order valence-electron chi connectivity index (χ1n) is 28.0. The Morgan fingerprint density at radius 3 is 0.971 bits per heavy atom. The number of aliphatic hydroxyl groups is 2. The van der Waals surface area contributed by atoms with Crippen LogP contribution in [0.2, 0.25) is 0 Å². The molecule has 0 aliphatic rings. The second kappa shape index (κ2) is 57.6. The molecule has 384 valence electrons. The molecule has 2 unspecified atom stereocenters. The van der Waals surface area contributed by atoms with E-state index in [1.807, 2.05) is 0 Å². The lowest BCUT2D eigenvalue weighted by molar-refractivity contribution is -0.123. The van der Waals surface area contributed by atoms with Crippen molar-refractivity contribution in [3.8, 4) is 0 Å². The van der Waals surface area contributed by atoms with Crippen LogP contribution in [-0.2, 0) is 4.79 Å². The van der Waals surface area contributed by atoms with Crippen molar-refractivity contribution in [2.45, 2.75) is 244 Å². The molecular formula is C64H105NO3.